The molecule has 0 fully saturated rings. The first-order chi connectivity index (χ1) is 11.1. The Balaban J connectivity index is 1.76. The molecular formula is C18H20ClNO3. The van der Waals surface area contributed by atoms with Gasteiger partial charge in [0.15, 0.2) is 0 Å². The van der Waals surface area contributed by atoms with Crippen LogP contribution in [0.3, 0.4) is 0 Å². The minimum atomic E-state index is -0.350. The molecule has 0 saturated carbocycles. The van der Waals surface area contributed by atoms with E-state index in [0.29, 0.717) is 18.1 Å². The molecule has 0 bridgehead atoms. The van der Waals surface area contributed by atoms with Crippen molar-refractivity contribution in [3.63, 3.8) is 0 Å². The van der Waals surface area contributed by atoms with Gasteiger partial charge < -0.3 is 14.8 Å². The summed E-state index contributed by atoms with van der Waals surface area (Å²) in [5.41, 5.74) is 1.54. The minimum absolute atomic E-state index is 0.325. The Hall–Kier alpha value is -2.20. The molecule has 0 heterocycles. The number of hydrogen-bond acceptors (Lipinski definition) is 4. The van der Waals surface area contributed by atoms with Crippen molar-refractivity contribution in [3.8, 4) is 5.75 Å². The summed E-state index contributed by atoms with van der Waals surface area (Å²) in [4.78, 5) is 11.4. The van der Waals surface area contributed by atoms with Crippen molar-refractivity contribution in [2.75, 3.05) is 25.6 Å². The van der Waals surface area contributed by atoms with Crippen molar-refractivity contribution in [2.45, 2.75) is 6.92 Å². The summed E-state index contributed by atoms with van der Waals surface area (Å²) in [6.07, 6.45) is 0. The standard InChI is InChI=1S/C18H20ClNO3/c1-13(11-20-16-7-5-15(19)6-8-16)12-23-17-9-3-14(4-10-17)18(21)22-2/h3-10,13,20H,11-12H2,1-2H3. The van der Waals surface area contributed by atoms with Crippen LogP contribution >= 0.6 is 11.6 Å². The second-order valence-electron chi connectivity index (χ2n) is 5.32. The monoisotopic (exact) mass is 333 g/mol. The normalized spacial score (nSPS) is 11.6. The highest BCUT2D eigenvalue weighted by atomic mass is 35.5. The van der Waals surface area contributed by atoms with Gasteiger partial charge in [-0.15, -0.1) is 0 Å². The number of anilines is 1. The van der Waals surface area contributed by atoms with E-state index in [1.807, 2.05) is 24.3 Å². The number of hydrogen-bond donors (Lipinski definition) is 1. The Labute approximate surface area is 141 Å². The molecule has 0 aliphatic rings. The number of nitrogens with one attached hydrogen (secondary N) is 1. The molecule has 0 radical (unpaired) electrons. The molecular weight excluding hydrogens is 314 g/mol. The van der Waals surface area contributed by atoms with Gasteiger partial charge in [-0.1, -0.05) is 18.5 Å². The SMILES string of the molecule is COC(=O)c1ccc(OCC(C)CNc2ccc(Cl)cc2)cc1. The van der Waals surface area contributed by atoms with Crippen LogP contribution in [-0.2, 0) is 4.74 Å². The molecule has 2 rings (SSSR count). The molecule has 0 amide bonds. The topological polar surface area (TPSA) is 47.6 Å². The Bertz CT molecular complexity index is 626. The van der Waals surface area contributed by atoms with Crippen molar-refractivity contribution < 1.29 is 14.3 Å². The molecule has 1 N–H and O–H groups in total. The lowest BCUT2D eigenvalue weighted by Gasteiger charge is -2.15. The minimum Gasteiger partial charge on any atom is -0.493 e. The fraction of sp³-hybridized carbons (Fsp3) is 0.278. The van der Waals surface area contributed by atoms with Crippen LogP contribution < -0.4 is 10.1 Å². The maximum absolute atomic E-state index is 11.4. The lowest BCUT2D eigenvalue weighted by Crippen LogP contribution is -2.18. The van der Waals surface area contributed by atoms with Crippen LogP contribution in [0.2, 0.25) is 5.02 Å². The zero-order valence-corrected chi connectivity index (χ0v) is 14.0. The van der Waals surface area contributed by atoms with E-state index in [2.05, 4.69) is 17.0 Å². The van der Waals surface area contributed by atoms with Crippen molar-refractivity contribution >= 4 is 23.3 Å². The first-order valence-corrected chi connectivity index (χ1v) is 7.77. The lowest BCUT2D eigenvalue weighted by atomic mass is 10.2. The van der Waals surface area contributed by atoms with Crippen LogP contribution in [0.4, 0.5) is 5.69 Å². The van der Waals surface area contributed by atoms with Gasteiger partial charge in [-0.3, -0.25) is 0 Å². The zero-order valence-electron chi connectivity index (χ0n) is 13.2. The summed E-state index contributed by atoms with van der Waals surface area (Å²) in [6, 6.07) is 14.5. The number of benzene rings is 2. The van der Waals surface area contributed by atoms with E-state index in [1.165, 1.54) is 7.11 Å². The summed E-state index contributed by atoms with van der Waals surface area (Å²) in [5, 5.41) is 4.06. The third-order valence-corrected chi connectivity index (χ3v) is 3.56. The zero-order chi connectivity index (χ0) is 16.7. The number of halogens is 1. The van der Waals surface area contributed by atoms with E-state index < -0.39 is 0 Å². The van der Waals surface area contributed by atoms with E-state index in [-0.39, 0.29) is 5.97 Å². The Morgan fingerprint density at radius 2 is 1.78 bits per heavy atom. The van der Waals surface area contributed by atoms with Gasteiger partial charge in [-0.05, 0) is 48.5 Å². The highest BCUT2D eigenvalue weighted by Crippen LogP contribution is 2.16. The highest BCUT2D eigenvalue weighted by Gasteiger charge is 2.06. The second-order valence-corrected chi connectivity index (χ2v) is 5.76. The molecule has 0 aliphatic carbocycles. The van der Waals surface area contributed by atoms with Gasteiger partial charge in [0.25, 0.3) is 0 Å². The van der Waals surface area contributed by atoms with Crippen LogP contribution in [0, 0.1) is 5.92 Å². The molecule has 1 unspecified atom stereocenters. The van der Waals surface area contributed by atoms with Gasteiger partial charge in [0, 0.05) is 23.2 Å². The summed E-state index contributed by atoms with van der Waals surface area (Å²) in [5.74, 6) is 0.707. The second kappa shape index (κ2) is 8.44. The van der Waals surface area contributed by atoms with Crippen molar-refractivity contribution in [2.24, 2.45) is 5.92 Å². The number of ether oxygens (including phenoxy) is 2. The predicted molar refractivity (Wildman–Crippen MR) is 92.4 cm³/mol. The third kappa shape index (κ3) is 5.49. The Kier molecular flexibility index (Phi) is 6.29. The molecule has 122 valence electrons. The third-order valence-electron chi connectivity index (χ3n) is 3.31. The van der Waals surface area contributed by atoms with Gasteiger partial charge in [0.1, 0.15) is 5.75 Å². The molecule has 2 aromatic carbocycles. The van der Waals surface area contributed by atoms with Crippen LogP contribution in [-0.4, -0.2) is 26.2 Å². The maximum atomic E-state index is 11.4. The van der Waals surface area contributed by atoms with Crippen LogP contribution in [0.15, 0.2) is 48.5 Å². The lowest BCUT2D eigenvalue weighted by molar-refractivity contribution is 0.0600. The van der Waals surface area contributed by atoms with Crippen molar-refractivity contribution in [1.29, 1.82) is 0 Å². The first kappa shape index (κ1) is 17.2. The van der Waals surface area contributed by atoms with E-state index in [9.17, 15) is 4.79 Å². The molecule has 5 heteroatoms. The predicted octanol–water partition coefficient (Wildman–Crippen LogP) is 4.25. The summed E-state index contributed by atoms with van der Waals surface area (Å²) >= 11 is 5.86. The molecule has 2 aromatic rings. The fourth-order valence-electron chi connectivity index (χ4n) is 1.96. The van der Waals surface area contributed by atoms with Crippen molar-refractivity contribution in [1.82, 2.24) is 0 Å². The highest BCUT2D eigenvalue weighted by molar-refractivity contribution is 6.30. The number of rotatable bonds is 7. The molecule has 0 spiro atoms. The van der Waals surface area contributed by atoms with Gasteiger partial charge in [-0.25, -0.2) is 4.79 Å². The van der Waals surface area contributed by atoms with Crippen LogP contribution in [0.25, 0.3) is 0 Å². The average Bonchev–Trinajstić information content (AvgIpc) is 2.59. The summed E-state index contributed by atoms with van der Waals surface area (Å²) < 4.78 is 10.4. The molecule has 1 atom stereocenters. The number of carbonyl (C=O) groups excluding carboxylic acids is 1. The average molecular weight is 334 g/mol. The Morgan fingerprint density at radius 1 is 1.13 bits per heavy atom. The van der Waals surface area contributed by atoms with Gasteiger partial charge in [-0.2, -0.15) is 0 Å². The van der Waals surface area contributed by atoms with Crippen molar-refractivity contribution in [3.05, 3.63) is 59.1 Å². The van der Waals surface area contributed by atoms with Crippen LogP contribution in [0.5, 0.6) is 5.75 Å². The number of carbonyl (C=O) groups is 1. The number of esters is 1. The summed E-state index contributed by atoms with van der Waals surface area (Å²) in [7, 11) is 1.36. The van der Waals surface area contributed by atoms with E-state index >= 15 is 0 Å². The molecule has 4 nitrogen and oxygen atoms in total. The summed E-state index contributed by atoms with van der Waals surface area (Å²) in [6.45, 7) is 3.48. The largest absolute Gasteiger partial charge is 0.493 e. The quantitative estimate of drug-likeness (QED) is 0.769. The first-order valence-electron chi connectivity index (χ1n) is 7.39. The maximum Gasteiger partial charge on any atom is 0.337 e. The Morgan fingerprint density at radius 3 is 2.39 bits per heavy atom. The van der Waals surface area contributed by atoms with E-state index in [0.717, 1.165) is 23.0 Å². The molecule has 0 saturated heterocycles. The van der Waals surface area contributed by atoms with Gasteiger partial charge in [0.2, 0.25) is 0 Å². The fourth-order valence-corrected chi connectivity index (χ4v) is 2.09. The van der Waals surface area contributed by atoms with E-state index in [4.69, 9.17) is 16.3 Å². The smallest absolute Gasteiger partial charge is 0.337 e. The van der Waals surface area contributed by atoms with E-state index in [1.54, 1.807) is 24.3 Å². The van der Waals surface area contributed by atoms with Gasteiger partial charge >= 0.3 is 5.97 Å². The number of methoxy groups -OCH3 is 1. The molecule has 0 aromatic heterocycles. The molecule has 0 aliphatic heterocycles. The van der Waals surface area contributed by atoms with Crippen LogP contribution in [0.1, 0.15) is 17.3 Å². The van der Waals surface area contributed by atoms with Gasteiger partial charge in [0.05, 0.1) is 19.3 Å². The molecule has 23 heavy (non-hydrogen) atoms.